The third-order valence-corrected chi connectivity index (χ3v) is 3.73. The van der Waals surface area contributed by atoms with Crippen molar-refractivity contribution in [2.45, 2.75) is 33.2 Å². The largest absolute Gasteiger partial charge is 0.504 e. The molecule has 0 fully saturated rings. The van der Waals surface area contributed by atoms with E-state index in [2.05, 4.69) is 31.3 Å². The number of amides is 1. The lowest BCUT2D eigenvalue weighted by molar-refractivity contribution is -0.123. The van der Waals surface area contributed by atoms with Gasteiger partial charge in [0.15, 0.2) is 18.1 Å². The van der Waals surface area contributed by atoms with E-state index in [0.29, 0.717) is 11.7 Å². The Bertz CT molecular complexity index is 665. The number of aromatic hydroxyl groups is 1. The highest BCUT2D eigenvalue weighted by molar-refractivity contribution is 5.78. The summed E-state index contributed by atoms with van der Waals surface area (Å²) in [6, 6.07) is 14.8. The fourth-order valence-electron chi connectivity index (χ4n) is 2.50. The molecule has 0 aliphatic heterocycles. The summed E-state index contributed by atoms with van der Waals surface area (Å²) in [6.45, 7) is 6.20. The zero-order valence-corrected chi connectivity index (χ0v) is 14.5. The molecular weight excluding hydrogens is 302 g/mol. The predicted molar refractivity (Wildman–Crippen MR) is 95.1 cm³/mol. The third-order valence-electron chi connectivity index (χ3n) is 3.73. The van der Waals surface area contributed by atoms with Gasteiger partial charge in [0.05, 0.1) is 6.04 Å². The van der Waals surface area contributed by atoms with Crippen molar-refractivity contribution in [3.05, 3.63) is 59.7 Å². The maximum absolute atomic E-state index is 12.0. The van der Waals surface area contributed by atoms with Crippen LogP contribution < -0.4 is 10.1 Å². The predicted octanol–water partition coefficient (Wildman–Crippen LogP) is 3.85. The van der Waals surface area contributed by atoms with Gasteiger partial charge in [-0.15, -0.1) is 0 Å². The van der Waals surface area contributed by atoms with Crippen molar-refractivity contribution in [2.75, 3.05) is 6.61 Å². The molecule has 4 nitrogen and oxygen atoms in total. The number of nitrogens with one attached hydrogen (secondary N) is 1. The lowest BCUT2D eigenvalue weighted by atomic mass is 10.00. The van der Waals surface area contributed by atoms with Crippen LogP contribution in [0.2, 0.25) is 0 Å². The van der Waals surface area contributed by atoms with Crippen molar-refractivity contribution in [1.29, 1.82) is 0 Å². The van der Waals surface area contributed by atoms with Gasteiger partial charge in [-0.3, -0.25) is 4.79 Å². The van der Waals surface area contributed by atoms with Crippen molar-refractivity contribution >= 4 is 5.91 Å². The second kappa shape index (κ2) is 8.39. The topological polar surface area (TPSA) is 58.6 Å². The molecule has 0 spiro atoms. The summed E-state index contributed by atoms with van der Waals surface area (Å²) in [5.74, 6) is 0.731. The van der Waals surface area contributed by atoms with E-state index >= 15 is 0 Å². The van der Waals surface area contributed by atoms with Gasteiger partial charge in [-0.2, -0.15) is 0 Å². The van der Waals surface area contributed by atoms with Crippen molar-refractivity contribution < 1.29 is 14.6 Å². The highest BCUT2D eigenvalue weighted by atomic mass is 16.5. The summed E-state index contributed by atoms with van der Waals surface area (Å²) in [5, 5.41) is 12.5. The van der Waals surface area contributed by atoms with Crippen LogP contribution in [0.3, 0.4) is 0 Å². The second-order valence-corrected chi connectivity index (χ2v) is 6.39. The Labute approximate surface area is 143 Å². The van der Waals surface area contributed by atoms with E-state index in [-0.39, 0.29) is 24.3 Å². The number of hydrogen-bond donors (Lipinski definition) is 2. The Balaban J connectivity index is 1.86. The van der Waals surface area contributed by atoms with Gasteiger partial charge in [0.25, 0.3) is 5.91 Å². The van der Waals surface area contributed by atoms with Gasteiger partial charge in [-0.05, 0) is 42.5 Å². The molecule has 2 rings (SSSR count). The molecule has 24 heavy (non-hydrogen) atoms. The molecule has 0 bridgehead atoms. The van der Waals surface area contributed by atoms with Gasteiger partial charge >= 0.3 is 0 Å². The van der Waals surface area contributed by atoms with Crippen LogP contribution in [0.1, 0.15) is 37.9 Å². The molecule has 0 saturated heterocycles. The molecule has 4 heteroatoms. The van der Waals surface area contributed by atoms with Crippen LogP contribution in [0.4, 0.5) is 0 Å². The highest BCUT2D eigenvalue weighted by Crippen LogP contribution is 2.24. The quantitative estimate of drug-likeness (QED) is 0.812. The molecule has 0 aliphatic rings. The standard InChI is InChI=1S/C20H25NO3/c1-14(2)12-16-8-10-17(11-9-16)15(3)21-20(23)13-24-19-7-5-4-6-18(19)22/h4-11,14-15,22H,12-13H2,1-3H3,(H,21,23). The maximum Gasteiger partial charge on any atom is 0.258 e. The van der Waals surface area contributed by atoms with E-state index in [9.17, 15) is 9.90 Å². The first kappa shape index (κ1) is 17.9. The van der Waals surface area contributed by atoms with Crippen LogP contribution in [-0.2, 0) is 11.2 Å². The van der Waals surface area contributed by atoms with Crippen LogP contribution in [0, 0.1) is 5.92 Å². The summed E-state index contributed by atoms with van der Waals surface area (Å²) in [6.07, 6.45) is 1.05. The van der Waals surface area contributed by atoms with Crippen LogP contribution in [0.25, 0.3) is 0 Å². The Hall–Kier alpha value is -2.49. The summed E-state index contributed by atoms with van der Waals surface area (Å²) in [4.78, 5) is 12.0. The van der Waals surface area contributed by atoms with Crippen LogP contribution in [0.5, 0.6) is 11.5 Å². The molecule has 1 amide bonds. The number of rotatable bonds is 7. The molecule has 1 atom stereocenters. The molecule has 2 aromatic rings. The Morgan fingerprint density at radius 1 is 1.08 bits per heavy atom. The first-order valence-corrected chi connectivity index (χ1v) is 8.24. The first-order chi connectivity index (χ1) is 11.5. The van der Waals surface area contributed by atoms with Gasteiger partial charge in [0.2, 0.25) is 0 Å². The lowest BCUT2D eigenvalue weighted by Gasteiger charge is -2.16. The molecule has 2 aromatic carbocycles. The molecule has 0 saturated carbocycles. The van der Waals surface area contributed by atoms with Crippen molar-refractivity contribution in [1.82, 2.24) is 5.32 Å². The van der Waals surface area contributed by atoms with Gasteiger partial charge in [-0.1, -0.05) is 50.2 Å². The highest BCUT2D eigenvalue weighted by Gasteiger charge is 2.11. The first-order valence-electron chi connectivity index (χ1n) is 8.24. The van der Waals surface area contributed by atoms with E-state index in [1.54, 1.807) is 18.2 Å². The molecule has 0 radical (unpaired) electrons. The van der Waals surface area contributed by atoms with Crippen molar-refractivity contribution in [3.63, 3.8) is 0 Å². The molecule has 0 aliphatic carbocycles. The van der Waals surface area contributed by atoms with E-state index < -0.39 is 0 Å². The number of ether oxygens (including phenoxy) is 1. The zero-order valence-electron chi connectivity index (χ0n) is 14.5. The van der Waals surface area contributed by atoms with E-state index in [4.69, 9.17) is 4.74 Å². The van der Waals surface area contributed by atoms with E-state index in [1.165, 1.54) is 11.6 Å². The fourth-order valence-corrected chi connectivity index (χ4v) is 2.50. The lowest BCUT2D eigenvalue weighted by Crippen LogP contribution is -2.31. The molecular formula is C20H25NO3. The summed E-state index contributed by atoms with van der Waals surface area (Å²) >= 11 is 0. The fraction of sp³-hybridized carbons (Fsp3) is 0.350. The number of para-hydroxylation sites is 2. The minimum absolute atomic E-state index is 0.0269. The Morgan fingerprint density at radius 3 is 2.38 bits per heavy atom. The smallest absolute Gasteiger partial charge is 0.258 e. The van der Waals surface area contributed by atoms with Crippen LogP contribution >= 0.6 is 0 Å². The molecule has 0 heterocycles. The Morgan fingerprint density at radius 2 is 1.75 bits per heavy atom. The average Bonchev–Trinajstić information content (AvgIpc) is 2.54. The van der Waals surface area contributed by atoms with Gasteiger partial charge < -0.3 is 15.2 Å². The third kappa shape index (κ3) is 5.30. The summed E-state index contributed by atoms with van der Waals surface area (Å²) in [5.41, 5.74) is 2.36. The Kier molecular flexibility index (Phi) is 6.24. The van der Waals surface area contributed by atoms with Gasteiger partial charge in [0.1, 0.15) is 0 Å². The molecule has 2 N–H and O–H groups in total. The maximum atomic E-state index is 12.0. The van der Waals surface area contributed by atoms with Crippen LogP contribution in [-0.4, -0.2) is 17.6 Å². The second-order valence-electron chi connectivity index (χ2n) is 6.39. The van der Waals surface area contributed by atoms with E-state index in [1.807, 2.05) is 19.1 Å². The molecule has 1 unspecified atom stereocenters. The number of phenolic OH excluding ortho intramolecular Hbond substituents is 1. The number of carbonyl (C=O) groups excluding carboxylic acids is 1. The van der Waals surface area contributed by atoms with Crippen LogP contribution in [0.15, 0.2) is 48.5 Å². The molecule has 128 valence electrons. The minimum atomic E-state index is -0.225. The SMILES string of the molecule is CC(C)Cc1ccc(C(C)NC(=O)COc2ccccc2O)cc1. The number of phenols is 1. The zero-order chi connectivity index (χ0) is 17.5. The van der Waals surface area contributed by atoms with Crippen molar-refractivity contribution in [2.24, 2.45) is 5.92 Å². The summed E-state index contributed by atoms with van der Waals surface area (Å²) in [7, 11) is 0. The average molecular weight is 327 g/mol. The van der Waals surface area contributed by atoms with Gasteiger partial charge in [0, 0.05) is 0 Å². The van der Waals surface area contributed by atoms with E-state index in [0.717, 1.165) is 12.0 Å². The minimum Gasteiger partial charge on any atom is -0.504 e. The number of hydrogen-bond acceptors (Lipinski definition) is 3. The normalized spacial score (nSPS) is 12.0. The number of benzene rings is 2. The summed E-state index contributed by atoms with van der Waals surface area (Å²) < 4.78 is 5.34. The van der Waals surface area contributed by atoms with Crippen molar-refractivity contribution in [3.8, 4) is 11.5 Å². The molecule has 0 aromatic heterocycles. The number of carbonyl (C=O) groups is 1. The monoisotopic (exact) mass is 327 g/mol. The van der Waals surface area contributed by atoms with Gasteiger partial charge in [-0.25, -0.2) is 0 Å².